The van der Waals surface area contributed by atoms with Gasteiger partial charge in [0.05, 0.1) is 11.9 Å². The van der Waals surface area contributed by atoms with E-state index in [4.69, 9.17) is 4.42 Å². The van der Waals surface area contributed by atoms with Gasteiger partial charge in [-0.1, -0.05) is 24.3 Å². The normalized spacial score (nSPS) is 20.2. The Morgan fingerprint density at radius 3 is 2.64 bits per heavy atom. The third kappa shape index (κ3) is 3.60. The van der Waals surface area contributed by atoms with E-state index in [1.54, 1.807) is 6.26 Å². The SMILES string of the molecule is CC(C)(O)[C@H]1CCCN(Cc2ccc(-c3ccco3)cc2)C1. The summed E-state index contributed by atoms with van der Waals surface area (Å²) in [7, 11) is 0. The van der Waals surface area contributed by atoms with Crippen LogP contribution in [0.5, 0.6) is 0 Å². The van der Waals surface area contributed by atoms with Crippen LogP contribution in [0.4, 0.5) is 0 Å². The Labute approximate surface area is 132 Å². The Balaban J connectivity index is 1.63. The van der Waals surface area contributed by atoms with Crippen LogP contribution in [0.15, 0.2) is 47.1 Å². The molecule has 1 aromatic carbocycles. The van der Waals surface area contributed by atoms with Gasteiger partial charge in [-0.3, -0.25) is 4.90 Å². The molecule has 3 heteroatoms. The quantitative estimate of drug-likeness (QED) is 0.929. The number of nitrogens with zero attached hydrogens (tertiary/aromatic N) is 1. The lowest BCUT2D eigenvalue weighted by Gasteiger charge is -2.38. The van der Waals surface area contributed by atoms with E-state index < -0.39 is 5.60 Å². The fourth-order valence-electron chi connectivity index (χ4n) is 3.25. The van der Waals surface area contributed by atoms with Gasteiger partial charge in [0.1, 0.15) is 5.76 Å². The van der Waals surface area contributed by atoms with Gasteiger partial charge in [-0.15, -0.1) is 0 Å². The van der Waals surface area contributed by atoms with Crippen LogP contribution in [0.25, 0.3) is 11.3 Å². The minimum Gasteiger partial charge on any atom is -0.464 e. The second kappa shape index (κ2) is 6.27. The van der Waals surface area contributed by atoms with Gasteiger partial charge in [0.2, 0.25) is 0 Å². The monoisotopic (exact) mass is 299 g/mol. The Bertz CT molecular complexity index is 581. The Morgan fingerprint density at radius 2 is 2.00 bits per heavy atom. The van der Waals surface area contributed by atoms with Crippen molar-refractivity contribution in [1.82, 2.24) is 4.90 Å². The molecule has 0 aliphatic carbocycles. The van der Waals surface area contributed by atoms with Gasteiger partial charge in [0, 0.05) is 18.7 Å². The number of likely N-dealkylation sites (tertiary alicyclic amines) is 1. The van der Waals surface area contributed by atoms with E-state index in [1.807, 2.05) is 26.0 Å². The maximum Gasteiger partial charge on any atom is 0.133 e. The smallest absolute Gasteiger partial charge is 0.133 e. The van der Waals surface area contributed by atoms with Gasteiger partial charge >= 0.3 is 0 Å². The highest BCUT2D eigenvalue weighted by atomic mass is 16.3. The van der Waals surface area contributed by atoms with Gasteiger partial charge in [-0.25, -0.2) is 0 Å². The van der Waals surface area contributed by atoms with Gasteiger partial charge in [-0.2, -0.15) is 0 Å². The molecule has 1 fully saturated rings. The van der Waals surface area contributed by atoms with Crippen LogP contribution in [0, 0.1) is 5.92 Å². The maximum absolute atomic E-state index is 10.2. The molecule has 0 spiro atoms. The second-order valence-electron chi connectivity index (χ2n) is 6.90. The lowest BCUT2D eigenvalue weighted by Crippen LogP contribution is -2.44. The summed E-state index contributed by atoms with van der Waals surface area (Å²) in [6.45, 7) is 6.90. The van der Waals surface area contributed by atoms with Crippen molar-refractivity contribution in [3.63, 3.8) is 0 Å². The van der Waals surface area contributed by atoms with Crippen molar-refractivity contribution >= 4 is 0 Å². The number of hydrogen-bond acceptors (Lipinski definition) is 3. The minimum absolute atomic E-state index is 0.364. The molecule has 22 heavy (non-hydrogen) atoms. The summed E-state index contributed by atoms with van der Waals surface area (Å²) >= 11 is 0. The van der Waals surface area contributed by atoms with Gasteiger partial charge in [0.25, 0.3) is 0 Å². The molecule has 0 unspecified atom stereocenters. The highest BCUT2D eigenvalue weighted by molar-refractivity contribution is 5.57. The van der Waals surface area contributed by atoms with E-state index in [0.717, 1.165) is 37.4 Å². The summed E-state index contributed by atoms with van der Waals surface area (Å²) in [4.78, 5) is 2.45. The molecule has 3 nitrogen and oxygen atoms in total. The molecule has 1 aromatic heterocycles. The zero-order valence-corrected chi connectivity index (χ0v) is 13.5. The summed E-state index contributed by atoms with van der Waals surface area (Å²) in [5.41, 5.74) is 1.84. The van der Waals surface area contributed by atoms with Crippen LogP contribution in [0.1, 0.15) is 32.3 Å². The molecule has 1 saturated heterocycles. The van der Waals surface area contributed by atoms with Crippen molar-refractivity contribution in [2.75, 3.05) is 13.1 Å². The van der Waals surface area contributed by atoms with E-state index in [-0.39, 0.29) is 0 Å². The summed E-state index contributed by atoms with van der Waals surface area (Å²) in [6.07, 6.45) is 3.99. The highest BCUT2D eigenvalue weighted by Gasteiger charge is 2.31. The third-order valence-electron chi connectivity index (χ3n) is 4.67. The molecule has 0 saturated carbocycles. The number of hydrogen-bond donors (Lipinski definition) is 1. The van der Waals surface area contributed by atoms with Crippen LogP contribution in [0.3, 0.4) is 0 Å². The first-order valence-electron chi connectivity index (χ1n) is 8.10. The molecule has 1 aliphatic rings. The number of aliphatic hydroxyl groups is 1. The first-order chi connectivity index (χ1) is 10.5. The largest absolute Gasteiger partial charge is 0.464 e. The van der Waals surface area contributed by atoms with Crippen LogP contribution in [0.2, 0.25) is 0 Å². The predicted molar refractivity (Wildman–Crippen MR) is 88.4 cm³/mol. The molecule has 2 aromatic rings. The number of benzene rings is 1. The molecule has 1 aliphatic heterocycles. The van der Waals surface area contributed by atoms with Gasteiger partial charge in [0.15, 0.2) is 0 Å². The summed E-state index contributed by atoms with van der Waals surface area (Å²) in [5.74, 6) is 1.27. The average molecular weight is 299 g/mol. The van der Waals surface area contributed by atoms with Crippen LogP contribution in [-0.2, 0) is 6.54 Å². The van der Waals surface area contributed by atoms with Crippen molar-refractivity contribution in [1.29, 1.82) is 0 Å². The fourth-order valence-corrected chi connectivity index (χ4v) is 3.25. The lowest BCUT2D eigenvalue weighted by molar-refractivity contribution is -0.0198. The lowest BCUT2D eigenvalue weighted by atomic mass is 9.84. The highest BCUT2D eigenvalue weighted by Crippen LogP contribution is 2.28. The Hall–Kier alpha value is -1.58. The molecule has 0 radical (unpaired) electrons. The molecule has 0 bridgehead atoms. The first kappa shape index (κ1) is 15.3. The zero-order chi connectivity index (χ0) is 15.6. The summed E-state index contributed by atoms with van der Waals surface area (Å²) in [5, 5.41) is 10.2. The fraction of sp³-hybridized carbons (Fsp3) is 0.474. The summed E-state index contributed by atoms with van der Waals surface area (Å²) in [6, 6.07) is 12.5. The standard InChI is InChI=1S/C19H25NO2/c1-19(2,21)17-5-3-11-20(14-17)13-15-7-9-16(10-8-15)18-6-4-12-22-18/h4,6-10,12,17,21H,3,5,11,13-14H2,1-2H3/t17-/m0/s1. The molecule has 1 atom stereocenters. The number of rotatable bonds is 4. The first-order valence-corrected chi connectivity index (χ1v) is 8.10. The summed E-state index contributed by atoms with van der Waals surface area (Å²) < 4.78 is 5.42. The second-order valence-corrected chi connectivity index (χ2v) is 6.90. The maximum atomic E-state index is 10.2. The molecule has 3 rings (SSSR count). The van der Waals surface area contributed by atoms with Crippen LogP contribution in [-0.4, -0.2) is 28.7 Å². The van der Waals surface area contributed by atoms with Crippen molar-refractivity contribution in [3.05, 3.63) is 48.2 Å². The molecule has 2 heterocycles. The van der Waals surface area contributed by atoms with Crippen LogP contribution >= 0.6 is 0 Å². The topological polar surface area (TPSA) is 36.6 Å². The van der Waals surface area contributed by atoms with E-state index in [0.29, 0.717) is 5.92 Å². The Kier molecular flexibility index (Phi) is 4.37. The minimum atomic E-state index is -0.582. The van der Waals surface area contributed by atoms with E-state index in [2.05, 4.69) is 29.2 Å². The van der Waals surface area contributed by atoms with Crippen LogP contribution < -0.4 is 0 Å². The number of piperidine rings is 1. The molecule has 118 valence electrons. The van der Waals surface area contributed by atoms with Crippen molar-refractivity contribution in [3.8, 4) is 11.3 Å². The molecular weight excluding hydrogens is 274 g/mol. The van der Waals surface area contributed by atoms with Crippen molar-refractivity contribution in [2.45, 2.75) is 38.8 Å². The number of furan rings is 1. The zero-order valence-electron chi connectivity index (χ0n) is 13.5. The average Bonchev–Trinajstić information content (AvgIpc) is 3.02. The Morgan fingerprint density at radius 1 is 1.23 bits per heavy atom. The van der Waals surface area contributed by atoms with E-state index >= 15 is 0 Å². The molecule has 0 amide bonds. The van der Waals surface area contributed by atoms with Gasteiger partial charge in [-0.05, 0) is 56.8 Å². The predicted octanol–water partition coefficient (Wildman–Crippen LogP) is 3.93. The van der Waals surface area contributed by atoms with E-state index in [1.165, 1.54) is 12.0 Å². The van der Waals surface area contributed by atoms with Crippen molar-refractivity contribution < 1.29 is 9.52 Å². The van der Waals surface area contributed by atoms with Gasteiger partial charge < -0.3 is 9.52 Å². The third-order valence-corrected chi connectivity index (χ3v) is 4.67. The van der Waals surface area contributed by atoms with E-state index in [9.17, 15) is 5.11 Å². The molecule has 1 N–H and O–H groups in total. The molecular formula is C19H25NO2. The van der Waals surface area contributed by atoms with Crippen molar-refractivity contribution in [2.24, 2.45) is 5.92 Å².